The van der Waals surface area contributed by atoms with E-state index in [0.29, 0.717) is 6.04 Å². The van der Waals surface area contributed by atoms with Crippen LogP contribution < -0.4 is 10.1 Å². The zero-order valence-corrected chi connectivity index (χ0v) is 12.6. The number of ether oxygens (including phenoxy) is 1. The van der Waals surface area contributed by atoms with E-state index in [1.165, 1.54) is 31.7 Å². The van der Waals surface area contributed by atoms with Crippen LogP contribution in [0.25, 0.3) is 0 Å². The Morgan fingerprint density at radius 2 is 2.10 bits per heavy atom. The van der Waals surface area contributed by atoms with Gasteiger partial charge in [-0.25, -0.2) is 0 Å². The number of nitro benzene ring substituents is 1. The van der Waals surface area contributed by atoms with Crippen LogP contribution in [0, 0.1) is 22.5 Å². The topological polar surface area (TPSA) is 64.4 Å². The lowest BCUT2D eigenvalue weighted by atomic mass is 9.60. The minimum Gasteiger partial charge on any atom is -0.489 e. The second-order valence-corrected chi connectivity index (χ2v) is 6.33. The van der Waals surface area contributed by atoms with Gasteiger partial charge in [0.05, 0.1) is 4.92 Å². The van der Waals surface area contributed by atoms with Gasteiger partial charge in [-0.15, -0.1) is 0 Å². The number of aryl methyl sites for hydroxylation is 1. The van der Waals surface area contributed by atoms with Crippen LogP contribution in [-0.4, -0.2) is 24.1 Å². The van der Waals surface area contributed by atoms with E-state index in [-0.39, 0.29) is 22.1 Å². The van der Waals surface area contributed by atoms with Crippen molar-refractivity contribution in [2.24, 2.45) is 5.41 Å². The third-order valence-electron chi connectivity index (χ3n) is 5.31. The standard InChI is InChI=1S/C16H22N2O3/c1-11-9-12(18(19)20)5-6-13(11)21-15-10-14(17-2)16(15)7-3-4-8-16/h5-6,9,14-15,17H,3-4,7-8,10H2,1-2H3. The van der Waals surface area contributed by atoms with Gasteiger partial charge in [0, 0.05) is 30.0 Å². The molecule has 5 heteroatoms. The predicted molar refractivity (Wildman–Crippen MR) is 80.6 cm³/mol. The molecule has 0 aromatic heterocycles. The number of hydrogen-bond acceptors (Lipinski definition) is 4. The molecule has 1 spiro atoms. The maximum absolute atomic E-state index is 10.8. The lowest BCUT2D eigenvalue weighted by Crippen LogP contribution is -2.63. The van der Waals surface area contributed by atoms with Gasteiger partial charge in [0.1, 0.15) is 11.9 Å². The highest BCUT2D eigenvalue weighted by atomic mass is 16.6. The molecule has 21 heavy (non-hydrogen) atoms. The number of hydrogen-bond donors (Lipinski definition) is 1. The summed E-state index contributed by atoms with van der Waals surface area (Å²) in [6.07, 6.45) is 6.24. The van der Waals surface area contributed by atoms with Gasteiger partial charge in [0.15, 0.2) is 0 Å². The Kier molecular flexibility index (Phi) is 3.61. The number of nitrogens with one attached hydrogen (secondary N) is 1. The summed E-state index contributed by atoms with van der Waals surface area (Å²) in [5.74, 6) is 0.784. The van der Waals surface area contributed by atoms with Gasteiger partial charge < -0.3 is 10.1 Å². The minimum absolute atomic E-state index is 0.122. The van der Waals surface area contributed by atoms with Crippen LogP contribution in [0.15, 0.2) is 18.2 Å². The molecule has 0 radical (unpaired) electrons. The molecule has 0 bridgehead atoms. The minimum atomic E-state index is -0.365. The van der Waals surface area contributed by atoms with Crippen molar-refractivity contribution in [3.63, 3.8) is 0 Å². The molecule has 1 N–H and O–H groups in total. The van der Waals surface area contributed by atoms with Gasteiger partial charge in [0.25, 0.3) is 5.69 Å². The normalized spacial score (nSPS) is 26.6. The smallest absolute Gasteiger partial charge is 0.269 e. The van der Waals surface area contributed by atoms with Crippen LogP contribution in [-0.2, 0) is 0 Å². The summed E-state index contributed by atoms with van der Waals surface area (Å²) in [6, 6.07) is 5.40. The average molecular weight is 290 g/mol. The molecule has 2 aliphatic carbocycles. The second kappa shape index (κ2) is 5.30. The third-order valence-corrected chi connectivity index (χ3v) is 5.31. The van der Waals surface area contributed by atoms with Crippen LogP contribution in [0.3, 0.4) is 0 Å². The Hall–Kier alpha value is -1.62. The summed E-state index contributed by atoms with van der Waals surface area (Å²) in [4.78, 5) is 10.4. The first-order valence-corrected chi connectivity index (χ1v) is 7.66. The molecular weight excluding hydrogens is 268 g/mol. The van der Waals surface area contributed by atoms with E-state index in [9.17, 15) is 10.1 Å². The number of non-ortho nitro benzene ring substituents is 1. The van der Waals surface area contributed by atoms with Crippen molar-refractivity contribution < 1.29 is 9.66 Å². The Balaban J connectivity index is 1.77. The Bertz CT molecular complexity index is 552. The molecule has 2 unspecified atom stereocenters. The summed E-state index contributed by atoms with van der Waals surface area (Å²) in [5.41, 5.74) is 1.23. The van der Waals surface area contributed by atoms with E-state index in [2.05, 4.69) is 5.32 Å². The van der Waals surface area contributed by atoms with Crippen molar-refractivity contribution in [3.05, 3.63) is 33.9 Å². The zero-order valence-electron chi connectivity index (χ0n) is 12.6. The molecule has 0 amide bonds. The second-order valence-electron chi connectivity index (χ2n) is 6.33. The monoisotopic (exact) mass is 290 g/mol. The first kappa shape index (κ1) is 14.3. The molecule has 2 atom stereocenters. The lowest BCUT2D eigenvalue weighted by Gasteiger charge is -2.53. The molecule has 5 nitrogen and oxygen atoms in total. The van der Waals surface area contributed by atoms with Gasteiger partial charge in [-0.2, -0.15) is 0 Å². The third kappa shape index (κ3) is 2.29. The summed E-state index contributed by atoms with van der Waals surface area (Å²) in [7, 11) is 2.03. The van der Waals surface area contributed by atoms with Gasteiger partial charge in [-0.1, -0.05) is 12.8 Å². The number of benzene rings is 1. The van der Waals surface area contributed by atoms with Gasteiger partial charge in [0.2, 0.25) is 0 Å². The predicted octanol–water partition coefficient (Wildman–Crippen LogP) is 3.20. The van der Waals surface area contributed by atoms with Crippen LogP contribution in [0.1, 0.15) is 37.7 Å². The van der Waals surface area contributed by atoms with Crippen molar-refractivity contribution in [2.75, 3.05) is 7.05 Å². The van der Waals surface area contributed by atoms with Crippen molar-refractivity contribution in [1.82, 2.24) is 5.32 Å². The maximum atomic E-state index is 10.8. The van der Waals surface area contributed by atoms with Crippen molar-refractivity contribution in [3.8, 4) is 5.75 Å². The molecule has 114 valence electrons. The molecule has 2 aliphatic rings. The van der Waals surface area contributed by atoms with Crippen LogP contribution >= 0.6 is 0 Å². The molecule has 1 aromatic rings. The summed E-state index contributed by atoms with van der Waals surface area (Å²) in [5, 5.41) is 14.2. The van der Waals surface area contributed by atoms with E-state index >= 15 is 0 Å². The van der Waals surface area contributed by atoms with Crippen LogP contribution in [0.4, 0.5) is 5.69 Å². The largest absolute Gasteiger partial charge is 0.489 e. The number of nitrogens with zero attached hydrogens (tertiary/aromatic N) is 1. The molecule has 3 rings (SSSR count). The van der Waals surface area contributed by atoms with E-state index in [1.54, 1.807) is 12.1 Å². The highest BCUT2D eigenvalue weighted by Crippen LogP contribution is 2.54. The van der Waals surface area contributed by atoms with E-state index in [4.69, 9.17) is 4.74 Å². The molecule has 0 aliphatic heterocycles. The average Bonchev–Trinajstić information content (AvgIpc) is 2.96. The maximum Gasteiger partial charge on any atom is 0.269 e. The Labute approximate surface area is 124 Å². The van der Waals surface area contributed by atoms with Crippen LogP contribution in [0.2, 0.25) is 0 Å². The van der Waals surface area contributed by atoms with Crippen molar-refractivity contribution in [1.29, 1.82) is 0 Å². The Morgan fingerprint density at radius 1 is 1.38 bits per heavy atom. The first-order chi connectivity index (χ1) is 10.1. The number of rotatable bonds is 4. The van der Waals surface area contributed by atoms with E-state index in [0.717, 1.165) is 17.7 Å². The quantitative estimate of drug-likeness (QED) is 0.683. The summed E-state index contributed by atoms with van der Waals surface area (Å²) in [6.45, 7) is 1.87. The van der Waals surface area contributed by atoms with Crippen LogP contribution in [0.5, 0.6) is 5.75 Å². The van der Waals surface area contributed by atoms with Gasteiger partial charge >= 0.3 is 0 Å². The van der Waals surface area contributed by atoms with Crippen molar-refractivity contribution >= 4 is 5.69 Å². The highest BCUT2D eigenvalue weighted by Gasteiger charge is 2.57. The summed E-state index contributed by atoms with van der Waals surface area (Å²) >= 11 is 0. The molecule has 0 saturated heterocycles. The SMILES string of the molecule is CNC1CC(Oc2ccc([N+](=O)[O-])cc2C)C12CCCC2. The molecule has 2 fully saturated rings. The fraction of sp³-hybridized carbons (Fsp3) is 0.625. The van der Waals surface area contributed by atoms with Gasteiger partial charge in [-0.05, 0) is 38.4 Å². The van der Waals surface area contributed by atoms with E-state index in [1.807, 2.05) is 14.0 Å². The molecule has 1 aromatic carbocycles. The van der Waals surface area contributed by atoms with Crippen molar-refractivity contribution in [2.45, 2.75) is 51.2 Å². The lowest BCUT2D eigenvalue weighted by molar-refractivity contribution is -0.384. The summed E-state index contributed by atoms with van der Waals surface area (Å²) < 4.78 is 6.22. The zero-order chi connectivity index (χ0) is 15.0. The first-order valence-electron chi connectivity index (χ1n) is 7.66. The Morgan fingerprint density at radius 3 is 2.67 bits per heavy atom. The van der Waals surface area contributed by atoms with Gasteiger partial charge in [-0.3, -0.25) is 10.1 Å². The number of nitro groups is 1. The molecular formula is C16H22N2O3. The van der Waals surface area contributed by atoms with E-state index < -0.39 is 0 Å². The fourth-order valence-corrected chi connectivity index (χ4v) is 4.05. The highest BCUT2D eigenvalue weighted by molar-refractivity contribution is 5.43. The molecule has 0 heterocycles. The fourth-order valence-electron chi connectivity index (χ4n) is 4.05. The molecule has 2 saturated carbocycles.